The van der Waals surface area contributed by atoms with Crippen molar-refractivity contribution in [1.29, 1.82) is 0 Å². The third-order valence-corrected chi connectivity index (χ3v) is 3.46. The number of nitrogens with one attached hydrogen (secondary N) is 1. The predicted octanol–water partition coefficient (Wildman–Crippen LogP) is 2.03. The van der Waals surface area contributed by atoms with E-state index >= 15 is 0 Å². The van der Waals surface area contributed by atoms with Gasteiger partial charge in [0, 0.05) is 39.4 Å². The molecule has 0 spiro atoms. The zero-order chi connectivity index (χ0) is 17.5. The lowest BCUT2D eigenvalue weighted by atomic mass is 10.3. The summed E-state index contributed by atoms with van der Waals surface area (Å²) in [7, 11) is 5.56. The molecule has 0 amide bonds. The van der Waals surface area contributed by atoms with E-state index < -0.39 is 0 Å². The minimum Gasteiger partial charge on any atom is -0.486 e. The Balaban J connectivity index is 1.85. The minimum atomic E-state index is -0.359. The van der Waals surface area contributed by atoms with Crippen LogP contribution in [-0.2, 0) is 13.6 Å². The van der Waals surface area contributed by atoms with Crippen molar-refractivity contribution < 1.29 is 9.13 Å². The SMILES string of the molecule is CN=C(NCC(C)Oc1ccccc1F)N(C)Cc1cnn(C)c1. The molecule has 1 N–H and O–H groups in total. The highest BCUT2D eigenvalue weighted by Crippen LogP contribution is 2.16. The lowest BCUT2D eigenvalue weighted by molar-refractivity contribution is 0.212. The van der Waals surface area contributed by atoms with E-state index in [1.54, 1.807) is 29.9 Å². The highest BCUT2D eigenvalue weighted by Gasteiger charge is 2.11. The molecule has 2 rings (SSSR count). The van der Waals surface area contributed by atoms with Crippen molar-refractivity contribution >= 4 is 5.96 Å². The molecule has 0 saturated heterocycles. The maximum Gasteiger partial charge on any atom is 0.193 e. The molecule has 6 nitrogen and oxygen atoms in total. The van der Waals surface area contributed by atoms with Gasteiger partial charge in [0.15, 0.2) is 17.5 Å². The summed E-state index contributed by atoms with van der Waals surface area (Å²) in [5.74, 6) is 0.635. The first kappa shape index (κ1) is 17.8. The molecule has 0 aliphatic rings. The van der Waals surface area contributed by atoms with Crippen LogP contribution >= 0.6 is 0 Å². The van der Waals surface area contributed by atoms with Gasteiger partial charge >= 0.3 is 0 Å². The molecule has 0 aliphatic heterocycles. The van der Waals surface area contributed by atoms with Crippen LogP contribution in [0.5, 0.6) is 5.75 Å². The fourth-order valence-electron chi connectivity index (χ4n) is 2.32. The van der Waals surface area contributed by atoms with Crippen molar-refractivity contribution in [1.82, 2.24) is 20.0 Å². The van der Waals surface area contributed by atoms with Crippen LogP contribution in [0.25, 0.3) is 0 Å². The molecule has 0 radical (unpaired) electrons. The Morgan fingerprint density at radius 1 is 1.46 bits per heavy atom. The molecule has 1 unspecified atom stereocenters. The second-order valence-electron chi connectivity index (χ2n) is 5.67. The van der Waals surface area contributed by atoms with Gasteiger partial charge in [-0.2, -0.15) is 5.10 Å². The summed E-state index contributed by atoms with van der Waals surface area (Å²) in [6, 6.07) is 6.39. The van der Waals surface area contributed by atoms with Crippen LogP contribution in [0, 0.1) is 5.82 Å². The number of aliphatic imine (C=N–C) groups is 1. The largest absolute Gasteiger partial charge is 0.486 e. The number of benzene rings is 1. The van der Waals surface area contributed by atoms with E-state index in [4.69, 9.17) is 4.74 Å². The van der Waals surface area contributed by atoms with E-state index in [9.17, 15) is 4.39 Å². The second kappa shape index (κ2) is 8.33. The van der Waals surface area contributed by atoms with Gasteiger partial charge in [-0.05, 0) is 19.1 Å². The summed E-state index contributed by atoms with van der Waals surface area (Å²) in [6.45, 7) is 3.09. The smallest absolute Gasteiger partial charge is 0.193 e. The van der Waals surface area contributed by atoms with Crippen molar-refractivity contribution in [3.8, 4) is 5.75 Å². The Labute approximate surface area is 141 Å². The third-order valence-electron chi connectivity index (χ3n) is 3.46. The van der Waals surface area contributed by atoms with E-state index in [0.717, 1.165) is 11.5 Å². The van der Waals surface area contributed by atoms with E-state index in [0.29, 0.717) is 13.1 Å². The first-order valence-electron chi connectivity index (χ1n) is 7.80. The molecule has 2 aromatic rings. The summed E-state index contributed by atoms with van der Waals surface area (Å²) in [6.07, 6.45) is 3.59. The number of nitrogens with zero attached hydrogens (tertiary/aromatic N) is 4. The Bertz CT molecular complexity index is 685. The minimum absolute atomic E-state index is 0.203. The number of ether oxygens (including phenoxy) is 1. The molecule has 130 valence electrons. The quantitative estimate of drug-likeness (QED) is 0.649. The summed E-state index contributed by atoms with van der Waals surface area (Å²) in [5.41, 5.74) is 1.10. The van der Waals surface area contributed by atoms with Gasteiger partial charge in [0.1, 0.15) is 6.10 Å². The van der Waals surface area contributed by atoms with Gasteiger partial charge in [-0.3, -0.25) is 9.67 Å². The number of aromatic nitrogens is 2. The van der Waals surface area contributed by atoms with Crippen LogP contribution in [0.2, 0.25) is 0 Å². The van der Waals surface area contributed by atoms with Crippen molar-refractivity contribution in [2.75, 3.05) is 20.6 Å². The van der Waals surface area contributed by atoms with Gasteiger partial charge in [0.2, 0.25) is 0 Å². The van der Waals surface area contributed by atoms with Crippen LogP contribution in [0.3, 0.4) is 0 Å². The summed E-state index contributed by atoms with van der Waals surface area (Å²) < 4.78 is 21.0. The Hall–Kier alpha value is -2.57. The van der Waals surface area contributed by atoms with Gasteiger partial charge in [-0.25, -0.2) is 4.39 Å². The first-order valence-corrected chi connectivity index (χ1v) is 7.80. The number of guanidine groups is 1. The summed E-state index contributed by atoms with van der Waals surface area (Å²) in [4.78, 5) is 6.26. The normalized spacial score (nSPS) is 12.8. The number of aryl methyl sites for hydroxylation is 1. The van der Waals surface area contributed by atoms with Crippen molar-refractivity contribution in [3.05, 3.63) is 48.0 Å². The van der Waals surface area contributed by atoms with Gasteiger partial charge in [0.05, 0.1) is 12.7 Å². The molecule has 1 heterocycles. The number of hydrogen-bond acceptors (Lipinski definition) is 3. The fraction of sp³-hybridized carbons (Fsp3) is 0.412. The highest BCUT2D eigenvalue weighted by molar-refractivity contribution is 5.79. The molecular weight excluding hydrogens is 309 g/mol. The van der Waals surface area contributed by atoms with Gasteiger partial charge in [0.25, 0.3) is 0 Å². The molecule has 1 aromatic heterocycles. The molecule has 1 aromatic carbocycles. The van der Waals surface area contributed by atoms with Gasteiger partial charge in [-0.15, -0.1) is 0 Å². The maximum absolute atomic E-state index is 13.6. The third kappa shape index (κ3) is 4.97. The van der Waals surface area contributed by atoms with Crippen LogP contribution in [0.15, 0.2) is 41.7 Å². The van der Waals surface area contributed by atoms with Crippen LogP contribution in [0.1, 0.15) is 12.5 Å². The number of rotatable bonds is 6. The number of hydrogen-bond donors (Lipinski definition) is 1. The highest BCUT2D eigenvalue weighted by atomic mass is 19.1. The van der Waals surface area contributed by atoms with Crippen molar-refractivity contribution in [3.63, 3.8) is 0 Å². The molecule has 0 aliphatic carbocycles. The fourth-order valence-corrected chi connectivity index (χ4v) is 2.32. The van der Waals surface area contributed by atoms with Crippen LogP contribution in [-0.4, -0.2) is 47.4 Å². The topological polar surface area (TPSA) is 54.7 Å². The van der Waals surface area contributed by atoms with Crippen LogP contribution in [0.4, 0.5) is 4.39 Å². The zero-order valence-corrected chi connectivity index (χ0v) is 14.5. The molecular formula is C17H24FN5O. The monoisotopic (exact) mass is 333 g/mol. The standard InChI is InChI=1S/C17H24FN5O/c1-13(24-16-8-6-5-7-15(16)18)9-20-17(19-2)22(3)11-14-10-21-23(4)12-14/h5-8,10,12-13H,9,11H2,1-4H3,(H,19,20). The number of halogens is 1. The summed E-state index contributed by atoms with van der Waals surface area (Å²) >= 11 is 0. The summed E-state index contributed by atoms with van der Waals surface area (Å²) in [5, 5.41) is 7.40. The first-order chi connectivity index (χ1) is 11.5. The van der Waals surface area contributed by atoms with E-state index in [1.807, 2.05) is 38.3 Å². The van der Waals surface area contributed by atoms with E-state index in [-0.39, 0.29) is 17.7 Å². The molecule has 0 saturated carbocycles. The lowest BCUT2D eigenvalue weighted by Crippen LogP contribution is -2.42. The predicted molar refractivity (Wildman–Crippen MR) is 92.5 cm³/mol. The van der Waals surface area contributed by atoms with Gasteiger partial charge in [-0.1, -0.05) is 12.1 Å². The Morgan fingerprint density at radius 2 is 2.21 bits per heavy atom. The molecule has 7 heteroatoms. The average Bonchev–Trinajstić information content (AvgIpc) is 2.95. The molecule has 24 heavy (non-hydrogen) atoms. The molecule has 1 atom stereocenters. The number of para-hydroxylation sites is 1. The van der Waals surface area contributed by atoms with Crippen molar-refractivity contribution in [2.24, 2.45) is 12.0 Å². The molecule has 0 bridgehead atoms. The Kier molecular flexibility index (Phi) is 6.17. The zero-order valence-electron chi connectivity index (χ0n) is 14.5. The van der Waals surface area contributed by atoms with Crippen LogP contribution < -0.4 is 10.1 Å². The van der Waals surface area contributed by atoms with Crippen molar-refractivity contribution in [2.45, 2.75) is 19.6 Å². The average molecular weight is 333 g/mol. The molecule has 0 fully saturated rings. The lowest BCUT2D eigenvalue weighted by Gasteiger charge is -2.23. The van der Waals surface area contributed by atoms with E-state index in [2.05, 4.69) is 15.4 Å². The second-order valence-corrected chi connectivity index (χ2v) is 5.67. The van der Waals surface area contributed by atoms with Gasteiger partial charge < -0.3 is 15.0 Å². The maximum atomic E-state index is 13.6. The van der Waals surface area contributed by atoms with E-state index in [1.165, 1.54) is 6.07 Å². The Morgan fingerprint density at radius 3 is 2.83 bits per heavy atom.